The first-order chi connectivity index (χ1) is 8.85. The molecule has 0 spiro atoms. The number of nitrogens with zero attached hydrogens (tertiary/aromatic N) is 2. The Balaban J connectivity index is 1.95. The van der Waals surface area contributed by atoms with Gasteiger partial charge in [0.25, 0.3) is 0 Å². The van der Waals surface area contributed by atoms with E-state index in [1.54, 1.807) is 0 Å². The lowest BCUT2D eigenvalue weighted by atomic mass is 9.79. The van der Waals surface area contributed by atoms with Gasteiger partial charge in [0.1, 0.15) is 12.1 Å². The number of aryl methyl sites for hydroxylation is 1. The van der Waals surface area contributed by atoms with E-state index in [9.17, 15) is 9.81 Å². The fraction of sp³-hybridized carbons (Fsp3) is 0.571. The predicted molar refractivity (Wildman–Crippen MR) is 71.3 cm³/mol. The zero-order valence-electron chi connectivity index (χ0n) is 10.4. The van der Waals surface area contributed by atoms with Crippen molar-refractivity contribution >= 4 is 0 Å². The summed E-state index contributed by atoms with van der Waals surface area (Å²) in [6.45, 7) is 0. The van der Waals surface area contributed by atoms with Gasteiger partial charge in [0, 0.05) is 0 Å². The molecule has 1 aromatic rings. The topological polar surface area (TPSA) is 58.9 Å². The average molecular weight is 246 g/mol. The van der Waals surface area contributed by atoms with Crippen molar-refractivity contribution in [2.75, 3.05) is 0 Å². The number of nitroso groups, excluding NO2 is 2. The highest BCUT2D eigenvalue weighted by Crippen LogP contribution is 2.32. The molecule has 1 fully saturated rings. The van der Waals surface area contributed by atoms with E-state index in [2.05, 4.69) is 22.5 Å². The summed E-state index contributed by atoms with van der Waals surface area (Å²) in [5.74, 6) is 0.208. The Hall–Kier alpha value is -1.58. The van der Waals surface area contributed by atoms with Crippen molar-refractivity contribution in [2.24, 2.45) is 16.3 Å². The van der Waals surface area contributed by atoms with Crippen molar-refractivity contribution in [3.63, 3.8) is 0 Å². The van der Waals surface area contributed by atoms with Gasteiger partial charge in [-0.05, 0) is 37.2 Å². The molecule has 0 bridgehead atoms. The van der Waals surface area contributed by atoms with Gasteiger partial charge in [-0.15, -0.1) is 0 Å². The molecule has 18 heavy (non-hydrogen) atoms. The second kappa shape index (κ2) is 6.38. The highest BCUT2D eigenvalue weighted by molar-refractivity contribution is 5.14. The summed E-state index contributed by atoms with van der Waals surface area (Å²) in [5.41, 5.74) is 1.27. The van der Waals surface area contributed by atoms with Crippen molar-refractivity contribution in [3.05, 3.63) is 45.7 Å². The van der Waals surface area contributed by atoms with Gasteiger partial charge in [-0.1, -0.05) is 47.1 Å². The van der Waals surface area contributed by atoms with Crippen LogP contribution in [0.5, 0.6) is 0 Å². The molecule has 0 N–H and O–H groups in total. The number of hydrogen-bond donors (Lipinski definition) is 0. The number of hydrogen-bond acceptors (Lipinski definition) is 4. The van der Waals surface area contributed by atoms with Gasteiger partial charge in [0.2, 0.25) is 0 Å². The molecule has 0 aliphatic heterocycles. The maximum atomic E-state index is 10.9. The summed E-state index contributed by atoms with van der Waals surface area (Å²) < 4.78 is 0. The molecule has 0 aromatic heterocycles. The van der Waals surface area contributed by atoms with Crippen molar-refractivity contribution in [1.82, 2.24) is 0 Å². The Morgan fingerprint density at radius 2 is 1.83 bits per heavy atom. The predicted octanol–water partition coefficient (Wildman–Crippen LogP) is 3.69. The third-order valence-electron chi connectivity index (χ3n) is 3.86. The lowest BCUT2D eigenvalue weighted by molar-refractivity contribution is 0.261. The van der Waals surface area contributed by atoms with Crippen molar-refractivity contribution in [3.8, 4) is 0 Å². The maximum absolute atomic E-state index is 10.9. The van der Waals surface area contributed by atoms with E-state index in [0.29, 0.717) is 6.42 Å². The van der Waals surface area contributed by atoms with E-state index >= 15 is 0 Å². The van der Waals surface area contributed by atoms with Crippen molar-refractivity contribution in [1.29, 1.82) is 0 Å². The first kappa shape index (κ1) is 12.9. The first-order valence-corrected chi connectivity index (χ1v) is 6.54. The van der Waals surface area contributed by atoms with E-state index in [1.807, 2.05) is 18.2 Å². The largest absolute Gasteiger partial charge is 0.150 e. The Morgan fingerprint density at radius 1 is 1.06 bits per heavy atom. The molecule has 96 valence electrons. The highest BCUT2D eigenvalue weighted by atomic mass is 16.3. The van der Waals surface area contributed by atoms with Crippen LogP contribution in [0, 0.1) is 15.7 Å². The van der Waals surface area contributed by atoms with Gasteiger partial charge in [-0.25, -0.2) is 0 Å². The van der Waals surface area contributed by atoms with Crippen LogP contribution in [-0.2, 0) is 6.42 Å². The maximum Gasteiger partial charge on any atom is 0.120 e. The van der Waals surface area contributed by atoms with Gasteiger partial charge in [-0.2, -0.15) is 9.81 Å². The molecular formula is C14H18N2O2. The second-order valence-electron chi connectivity index (χ2n) is 4.98. The van der Waals surface area contributed by atoms with Crippen LogP contribution in [0.3, 0.4) is 0 Å². The SMILES string of the molecule is O=NC1CCCC(CCc2ccccc2)C1N=O. The lowest BCUT2D eigenvalue weighted by Crippen LogP contribution is -2.34. The van der Waals surface area contributed by atoms with Gasteiger partial charge >= 0.3 is 0 Å². The molecule has 4 heteroatoms. The van der Waals surface area contributed by atoms with E-state index in [1.165, 1.54) is 5.56 Å². The summed E-state index contributed by atoms with van der Waals surface area (Å²) in [7, 11) is 0. The Morgan fingerprint density at radius 3 is 2.50 bits per heavy atom. The fourth-order valence-electron chi connectivity index (χ4n) is 2.83. The molecule has 0 saturated heterocycles. The molecule has 3 unspecified atom stereocenters. The van der Waals surface area contributed by atoms with Crippen LogP contribution in [0.25, 0.3) is 0 Å². The summed E-state index contributed by atoms with van der Waals surface area (Å²) >= 11 is 0. The van der Waals surface area contributed by atoms with Crippen LogP contribution < -0.4 is 0 Å². The standard InChI is InChI=1S/C14H18N2O2/c17-15-13-8-4-7-12(14(13)16-18)10-9-11-5-2-1-3-6-11/h1-3,5-6,12-14H,4,7-10H2. The Labute approximate surface area is 107 Å². The van der Waals surface area contributed by atoms with Gasteiger partial charge in [-0.3, -0.25) is 0 Å². The molecular weight excluding hydrogens is 228 g/mol. The summed E-state index contributed by atoms with van der Waals surface area (Å²) in [4.78, 5) is 21.6. The van der Waals surface area contributed by atoms with Crippen molar-refractivity contribution < 1.29 is 0 Å². The summed E-state index contributed by atoms with van der Waals surface area (Å²) in [5, 5.41) is 6.21. The summed E-state index contributed by atoms with van der Waals surface area (Å²) in [6, 6.07) is 9.37. The Kier molecular flexibility index (Phi) is 4.56. The quantitative estimate of drug-likeness (QED) is 0.744. The minimum Gasteiger partial charge on any atom is -0.150 e. The minimum absolute atomic E-state index is 0.208. The fourth-order valence-corrected chi connectivity index (χ4v) is 2.83. The molecule has 1 aromatic carbocycles. The molecule has 1 aliphatic carbocycles. The third-order valence-corrected chi connectivity index (χ3v) is 3.86. The zero-order chi connectivity index (χ0) is 12.8. The van der Waals surface area contributed by atoms with Gasteiger partial charge in [0.05, 0.1) is 0 Å². The lowest BCUT2D eigenvalue weighted by Gasteiger charge is -2.29. The molecule has 0 radical (unpaired) electrons. The normalized spacial score (nSPS) is 27.7. The molecule has 4 nitrogen and oxygen atoms in total. The smallest absolute Gasteiger partial charge is 0.120 e. The van der Waals surface area contributed by atoms with Crippen LogP contribution in [0.4, 0.5) is 0 Å². The zero-order valence-corrected chi connectivity index (χ0v) is 10.4. The van der Waals surface area contributed by atoms with Crippen LogP contribution in [0.15, 0.2) is 40.7 Å². The van der Waals surface area contributed by atoms with Gasteiger partial charge < -0.3 is 0 Å². The van der Waals surface area contributed by atoms with E-state index < -0.39 is 12.1 Å². The molecule has 3 atom stereocenters. The number of benzene rings is 1. The van der Waals surface area contributed by atoms with Crippen LogP contribution in [-0.4, -0.2) is 12.1 Å². The third kappa shape index (κ3) is 3.00. The molecule has 1 aliphatic rings. The highest BCUT2D eigenvalue weighted by Gasteiger charge is 2.35. The van der Waals surface area contributed by atoms with E-state index in [0.717, 1.165) is 25.7 Å². The monoisotopic (exact) mass is 246 g/mol. The van der Waals surface area contributed by atoms with Crippen molar-refractivity contribution in [2.45, 2.75) is 44.2 Å². The van der Waals surface area contributed by atoms with E-state index in [-0.39, 0.29) is 5.92 Å². The molecule has 2 rings (SSSR count). The average Bonchev–Trinajstić information content (AvgIpc) is 2.45. The number of rotatable bonds is 5. The molecule has 1 saturated carbocycles. The van der Waals surface area contributed by atoms with Gasteiger partial charge in [0.15, 0.2) is 0 Å². The second-order valence-corrected chi connectivity index (χ2v) is 4.98. The first-order valence-electron chi connectivity index (χ1n) is 6.54. The van der Waals surface area contributed by atoms with Crippen LogP contribution in [0.1, 0.15) is 31.2 Å². The molecule has 0 heterocycles. The molecule has 0 amide bonds. The summed E-state index contributed by atoms with van der Waals surface area (Å²) in [6.07, 6.45) is 4.51. The van der Waals surface area contributed by atoms with Crippen LogP contribution in [0.2, 0.25) is 0 Å². The van der Waals surface area contributed by atoms with E-state index in [4.69, 9.17) is 0 Å². The minimum atomic E-state index is -0.417. The Bertz CT molecular complexity index is 394. The van der Waals surface area contributed by atoms with Crippen LogP contribution >= 0.6 is 0 Å².